The lowest BCUT2D eigenvalue weighted by Crippen LogP contribution is -2.56. The van der Waals surface area contributed by atoms with Crippen molar-refractivity contribution in [2.75, 3.05) is 13.1 Å². The smallest absolute Gasteiger partial charge is 0.270 e. The molecule has 3 rings (SSSR count). The van der Waals surface area contributed by atoms with Crippen LogP contribution in [0.2, 0.25) is 0 Å². The molecular formula is C15H16N2O2. The first kappa shape index (κ1) is 11.8. The minimum atomic E-state index is 0.0367. The maximum absolute atomic E-state index is 12.0. The van der Waals surface area contributed by atoms with Crippen LogP contribution in [0.4, 0.5) is 0 Å². The third-order valence-corrected chi connectivity index (χ3v) is 3.35. The number of ether oxygens (including phenoxy) is 1. The van der Waals surface area contributed by atoms with E-state index >= 15 is 0 Å². The molecule has 0 aliphatic carbocycles. The van der Waals surface area contributed by atoms with Crippen molar-refractivity contribution >= 4 is 5.91 Å². The van der Waals surface area contributed by atoms with Gasteiger partial charge in [-0.15, -0.1) is 0 Å². The molecule has 2 aromatic rings. The number of aryl methyl sites for hydroxylation is 1. The lowest BCUT2D eigenvalue weighted by molar-refractivity contribution is 0.0171. The van der Waals surface area contributed by atoms with E-state index in [1.54, 1.807) is 17.2 Å². The fraction of sp³-hybridized carbons (Fsp3) is 0.267. The molecule has 0 radical (unpaired) electrons. The topological polar surface area (TPSA) is 45.3 Å². The summed E-state index contributed by atoms with van der Waals surface area (Å²) in [6.45, 7) is 3.31. The molecule has 0 saturated carbocycles. The molecule has 0 atom stereocenters. The van der Waals surface area contributed by atoms with Crippen LogP contribution in [0.5, 0.6) is 5.75 Å². The number of nitrogens with one attached hydrogen (secondary N) is 1. The summed E-state index contributed by atoms with van der Waals surface area (Å²) in [5.74, 6) is 0.939. The Labute approximate surface area is 112 Å². The van der Waals surface area contributed by atoms with E-state index in [4.69, 9.17) is 4.74 Å². The van der Waals surface area contributed by atoms with E-state index in [1.165, 1.54) is 0 Å². The summed E-state index contributed by atoms with van der Waals surface area (Å²) in [5, 5.41) is 0. The summed E-state index contributed by atoms with van der Waals surface area (Å²) in [6, 6.07) is 11.6. The normalized spacial score (nSPS) is 15.1. The molecule has 1 aromatic carbocycles. The number of benzene rings is 1. The Balaban J connectivity index is 1.56. The number of rotatable bonds is 3. The van der Waals surface area contributed by atoms with Gasteiger partial charge in [0.15, 0.2) is 0 Å². The third-order valence-electron chi connectivity index (χ3n) is 3.35. The molecule has 1 saturated heterocycles. The summed E-state index contributed by atoms with van der Waals surface area (Å²) >= 11 is 0. The number of nitrogens with zero attached hydrogens (tertiary/aromatic N) is 1. The minimum Gasteiger partial charge on any atom is -0.486 e. The predicted molar refractivity (Wildman–Crippen MR) is 72.3 cm³/mol. The Kier molecular flexibility index (Phi) is 2.99. The molecular weight excluding hydrogens is 240 g/mol. The van der Waals surface area contributed by atoms with Crippen molar-refractivity contribution in [2.24, 2.45) is 0 Å². The number of amides is 1. The maximum atomic E-state index is 12.0. The summed E-state index contributed by atoms with van der Waals surface area (Å²) in [4.78, 5) is 16.7. The van der Waals surface area contributed by atoms with E-state index in [-0.39, 0.29) is 12.0 Å². The summed E-state index contributed by atoms with van der Waals surface area (Å²) in [6.07, 6.45) is 1.86. The monoisotopic (exact) mass is 256 g/mol. The van der Waals surface area contributed by atoms with Crippen LogP contribution in [0.1, 0.15) is 16.1 Å². The number of hydrogen-bond acceptors (Lipinski definition) is 2. The van der Waals surface area contributed by atoms with Gasteiger partial charge in [0, 0.05) is 6.20 Å². The van der Waals surface area contributed by atoms with Crippen molar-refractivity contribution < 1.29 is 9.53 Å². The van der Waals surface area contributed by atoms with Crippen LogP contribution < -0.4 is 4.74 Å². The van der Waals surface area contributed by atoms with Crippen molar-refractivity contribution in [3.63, 3.8) is 0 Å². The molecule has 2 heterocycles. The second kappa shape index (κ2) is 4.80. The van der Waals surface area contributed by atoms with Crippen molar-refractivity contribution in [3.8, 4) is 5.75 Å². The van der Waals surface area contributed by atoms with Crippen LogP contribution in [0, 0.1) is 6.92 Å². The molecule has 4 nitrogen and oxygen atoms in total. The quantitative estimate of drug-likeness (QED) is 0.915. The van der Waals surface area contributed by atoms with Crippen molar-refractivity contribution in [1.29, 1.82) is 0 Å². The highest BCUT2D eigenvalue weighted by Crippen LogP contribution is 2.22. The van der Waals surface area contributed by atoms with Gasteiger partial charge in [-0.05, 0) is 30.7 Å². The zero-order valence-electron chi connectivity index (χ0n) is 10.8. The number of likely N-dealkylation sites (tertiary alicyclic amines) is 1. The Morgan fingerprint density at radius 2 is 2.05 bits per heavy atom. The lowest BCUT2D eigenvalue weighted by Gasteiger charge is -2.38. The minimum absolute atomic E-state index is 0.0367. The van der Waals surface area contributed by atoms with Gasteiger partial charge in [0.2, 0.25) is 0 Å². The van der Waals surface area contributed by atoms with Gasteiger partial charge < -0.3 is 14.6 Å². The van der Waals surface area contributed by atoms with Crippen LogP contribution in [0.15, 0.2) is 42.6 Å². The number of carbonyl (C=O) groups is 1. The highest BCUT2D eigenvalue weighted by atomic mass is 16.5. The van der Waals surface area contributed by atoms with E-state index in [2.05, 4.69) is 4.98 Å². The Bertz CT molecular complexity index is 572. The van der Waals surface area contributed by atoms with Crippen LogP contribution in [0.3, 0.4) is 0 Å². The van der Waals surface area contributed by atoms with Crippen molar-refractivity contribution in [1.82, 2.24) is 9.88 Å². The van der Waals surface area contributed by atoms with Crippen molar-refractivity contribution in [2.45, 2.75) is 13.0 Å². The first-order chi connectivity index (χ1) is 9.24. The van der Waals surface area contributed by atoms with Gasteiger partial charge in [-0.25, -0.2) is 0 Å². The number of para-hydroxylation sites is 1. The van der Waals surface area contributed by atoms with E-state index in [1.807, 2.05) is 37.3 Å². The predicted octanol–water partition coefficient (Wildman–Crippen LogP) is 2.23. The maximum Gasteiger partial charge on any atom is 0.270 e. The summed E-state index contributed by atoms with van der Waals surface area (Å²) in [5.41, 5.74) is 1.76. The fourth-order valence-electron chi connectivity index (χ4n) is 2.18. The lowest BCUT2D eigenvalue weighted by atomic mass is 10.1. The van der Waals surface area contributed by atoms with Crippen LogP contribution in [0.25, 0.3) is 0 Å². The highest BCUT2D eigenvalue weighted by Gasteiger charge is 2.33. The molecule has 1 aliphatic rings. The van der Waals surface area contributed by atoms with Crippen LogP contribution >= 0.6 is 0 Å². The zero-order chi connectivity index (χ0) is 13.2. The molecule has 0 spiro atoms. The standard InChI is InChI=1S/C15H16N2O2/c1-11-5-2-3-7-14(11)19-12-9-17(10-12)15(18)13-6-4-8-16-13/h2-8,12,16H,9-10H2,1H3. The third kappa shape index (κ3) is 2.34. The molecule has 19 heavy (non-hydrogen) atoms. The zero-order valence-corrected chi connectivity index (χ0v) is 10.8. The number of H-pyrrole nitrogens is 1. The van der Waals surface area contributed by atoms with E-state index in [0.717, 1.165) is 11.3 Å². The summed E-state index contributed by atoms with van der Waals surface area (Å²) < 4.78 is 5.87. The number of aromatic nitrogens is 1. The first-order valence-electron chi connectivity index (χ1n) is 6.39. The molecule has 0 unspecified atom stereocenters. The number of aromatic amines is 1. The fourth-order valence-corrected chi connectivity index (χ4v) is 2.18. The molecule has 0 bridgehead atoms. The highest BCUT2D eigenvalue weighted by molar-refractivity contribution is 5.93. The van der Waals surface area contributed by atoms with Crippen LogP contribution in [-0.2, 0) is 0 Å². The summed E-state index contributed by atoms with van der Waals surface area (Å²) in [7, 11) is 0. The van der Waals surface area contributed by atoms with Gasteiger partial charge in [-0.1, -0.05) is 18.2 Å². The first-order valence-corrected chi connectivity index (χ1v) is 6.39. The molecule has 4 heteroatoms. The average molecular weight is 256 g/mol. The molecule has 1 aromatic heterocycles. The number of carbonyl (C=O) groups excluding carboxylic acids is 1. The van der Waals surface area contributed by atoms with Gasteiger partial charge in [-0.3, -0.25) is 4.79 Å². The Morgan fingerprint density at radius 1 is 1.26 bits per heavy atom. The largest absolute Gasteiger partial charge is 0.486 e. The van der Waals surface area contributed by atoms with Crippen LogP contribution in [-0.4, -0.2) is 35.0 Å². The van der Waals surface area contributed by atoms with E-state index < -0.39 is 0 Å². The molecule has 1 amide bonds. The van der Waals surface area contributed by atoms with Gasteiger partial charge >= 0.3 is 0 Å². The van der Waals surface area contributed by atoms with Gasteiger partial charge in [0.1, 0.15) is 17.5 Å². The average Bonchev–Trinajstić information content (AvgIpc) is 2.88. The van der Waals surface area contributed by atoms with E-state index in [0.29, 0.717) is 18.8 Å². The molecule has 1 N–H and O–H groups in total. The van der Waals surface area contributed by atoms with E-state index in [9.17, 15) is 4.79 Å². The molecule has 1 aliphatic heterocycles. The second-order valence-corrected chi connectivity index (χ2v) is 4.80. The van der Waals surface area contributed by atoms with Crippen molar-refractivity contribution in [3.05, 3.63) is 53.9 Å². The molecule has 1 fully saturated rings. The second-order valence-electron chi connectivity index (χ2n) is 4.80. The Morgan fingerprint density at radius 3 is 2.74 bits per heavy atom. The Hall–Kier alpha value is -2.23. The number of hydrogen-bond donors (Lipinski definition) is 1. The molecule has 98 valence electrons. The van der Waals surface area contributed by atoms with Gasteiger partial charge in [-0.2, -0.15) is 0 Å². The van der Waals surface area contributed by atoms with Gasteiger partial charge in [0.25, 0.3) is 5.91 Å². The SMILES string of the molecule is Cc1ccccc1OC1CN(C(=O)c2ccc[nH]2)C1. The van der Waals surface area contributed by atoms with Gasteiger partial charge in [0.05, 0.1) is 13.1 Å².